The minimum atomic E-state index is -1.10. The van der Waals surface area contributed by atoms with Crippen LogP contribution < -0.4 is 10.2 Å². The van der Waals surface area contributed by atoms with E-state index in [2.05, 4.69) is 21.2 Å². The fourth-order valence-electron chi connectivity index (χ4n) is 5.34. The van der Waals surface area contributed by atoms with Gasteiger partial charge in [-0.15, -0.1) is 0 Å². The molecule has 0 bridgehead atoms. The van der Waals surface area contributed by atoms with Gasteiger partial charge in [0.05, 0.1) is 12.0 Å². The summed E-state index contributed by atoms with van der Waals surface area (Å²) in [4.78, 5) is 28.2. The number of amides is 1. The fraction of sp³-hybridized carbons (Fsp3) is 0.259. The number of carboxylic acid groups (broad SMARTS) is 1. The van der Waals surface area contributed by atoms with E-state index in [-0.39, 0.29) is 5.91 Å². The Morgan fingerprint density at radius 1 is 0.939 bits per heavy atom. The maximum Gasteiger partial charge on any atom is 0.329 e. The molecular formula is C27H25BrN2O3. The summed E-state index contributed by atoms with van der Waals surface area (Å²) < 4.78 is 0.886. The first kappa shape index (κ1) is 21.7. The topological polar surface area (TPSA) is 69.6 Å². The fourth-order valence-corrected chi connectivity index (χ4v) is 5.74. The lowest BCUT2D eigenvalue weighted by molar-refractivity contribution is -0.145. The Bertz CT molecular complexity index is 1200. The third-order valence-corrected chi connectivity index (χ3v) is 7.62. The highest BCUT2D eigenvalue weighted by molar-refractivity contribution is 9.10. The lowest BCUT2D eigenvalue weighted by Gasteiger charge is -2.42. The second-order valence-corrected chi connectivity index (χ2v) is 9.91. The van der Waals surface area contributed by atoms with Gasteiger partial charge in [-0.1, -0.05) is 70.5 Å². The highest BCUT2D eigenvalue weighted by atomic mass is 79.9. The summed E-state index contributed by atoms with van der Waals surface area (Å²) in [7, 11) is 0. The Morgan fingerprint density at radius 3 is 2.33 bits per heavy atom. The first-order valence-electron chi connectivity index (χ1n) is 11.2. The monoisotopic (exact) mass is 504 g/mol. The number of benzene rings is 3. The molecule has 5 nitrogen and oxygen atoms in total. The van der Waals surface area contributed by atoms with Gasteiger partial charge in [0.2, 0.25) is 5.91 Å². The van der Waals surface area contributed by atoms with Gasteiger partial charge >= 0.3 is 5.97 Å². The maximum atomic E-state index is 13.9. The number of nitrogens with zero attached hydrogens (tertiary/aromatic N) is 1. The van der Waals surface area contributed by atoms with E-state index >= 15 is 0 Å². The van der Waals surface area contributed by atoms with Gasteiger partial charge < -0.3 is 15.3 Å². The van der Waals surface area contributed by atoms with Gasteiger partial charge in [-0.3, -0.25) is 4.79 Å². The molecule has 0 atom stereocenters. The molecule has 1 aliphatic carbocycles. The molecule has 2 aliphatic rings. The molecule has 1 heterocycles. The number of carboxylic acids is 1. The van der Waals surface area contributed by atoms with E-state index in [1.54, 1.807) is 0 Å². The number of para-hydroxylation sites is 1. The van der Waals surface area contributed by atoms with E-state index in [0.717, 1.165) is 27.0 Å². The quantitative estimate of drug-likeness (QED) is 0.464. The lowest BCUT2D eigenvalue weighted by Crippen LogP contribution is -2.54. The molecule has 1 aliphatic heterocycles. The van der Waals surface area contributed by atoms with E-state index < -0.39 is 16.9 Å². The van der Waals surface area contributed by atoms with Crippen molar-refractivity contribution >= 4 is 39.2 Å². The number of aliphatic carboxylic acids is 1. The van der Waals surface area contributed by atoms with E-state index in [1.807, 2.05) is 83.8 Å². The zero-order chi connectivity index (χ0) is 23.1. The van der Waals surface area contributed by atoms with Crippen LogP contribution in [0.15, 0.2) is 83.3 Å². The SMILES string of the molecule is O=C(O)C1(Nc2cccc(Br)c2)CCC2(CC1)C(=O)N(Cc1ccccc1)c1ccccc12. The van der Waals surface area contributed by atoms with Gasteiger partial charge in [0, 0.05) is 15.8 Å². The van der Waals surface area contributed by atoms with Crippen molar-refractivity contribution in [1.29, 1.82) is 0 Å². The molecule has 33 heavy (non-hydrogen) atoms. The van der Waals surface area contributed by atoms with Crippen LogP contribution >= 0.6 is 15.9 Å². The minimum absolute atomic E-state index is 0.0778. The van der Waals surface area contributed by atoms with Crippen LogP contribution in [0.1, 0.15) is 36.8 Å². The molecule has 0 saturated heterocycles. The molecule has 3 aromatic rings. The number of anilines is 2. The van der Waals surface area contributed by atoms with Gasteiger partial charge in [0.1, 0.15) is 5.54 Å². The molecule has 6 heteroatoms. The van der Waals surface area contributed by atoms with Crippen LogP contribution in [-0.4, -0.2) is 22.5 Å². The Morgan fingerprint density at radius 2 is 1.64 bits per heavy atom. The van der Waals surface area contributed by atoms with Gasteiger partial charge in [0.15, 0.2) is 0 Å². The largest absolute Gasteiger partial charge is 0.480 e. The minimum Gasteiger partial charge on any atom is -0.480 e. The average Bonchev–Trinajstić information content (AvgIpc) is 3.04. The zero-order valence-corrected chi connectivity index (χ0v) is 19.7. The average molecular weight is 505 g/mol. The van der Waals surface area contributed by atoms with Crippen LogP contribution in [0.2, 0.25) is 0 Å². The van der Waals surface area contributed by atoms with Crippen LogP contribution in [0, 0.1) is 0 Å². The predicted molar refractivity (Wildman–Crippen MR) is 132 cm³/mol. The standard InChI is InChI=1S/C27H25BrN2O3/c28-20-9-6-10-21(17-20)29-27(25(32)33)15-13-26(14-16-27)22-11-4-5-12-23(22)30(24(26)31)18-19-7-2-1-3-8-19/h1-12,17,29H,13-16,18H2,(H,32,33). The van der Waals surface area contributed by atoms with Gasteiger partial charge in [-0.25, -0.2) is 4.79 Å². The molecule has 3 aromatic carbocycles. The van der Waals surface area contributed by atoms with Crippen LogP contribution in [0.4, 0.5) is 11.4 Å². The lowest BCUT2D eigenvalue weighted by atomic mass is 9.64. The maximum absolute atomic E-state index is 13.9. The number of carbonyl (C=O) groups is 2. The van der Waals surface area contributed by atoms with Crippen LogP contribution in [0.3, 0.4) is 0 Å². The number of halogens is 1. The normalized spacial score (nSPS) is 24.0. The van der Waals surface area contributed by atoms with Crippen molar-refractivity contribution in [3.63, 3.8) is 0 Å². The summed E-state index contributed by atoms with van der Waals surface area (Å²) in [5, 5.41) is 13.5. The molecule has 1 saturated carbocycles. The molecular weight excluding hydrogens is 480 g/mol. The van der Waals surface area contributed by atoms with Crippen molar-refractivity contribution in [3.05, 3.63) is 94.5 Å². The van der Waals surface area contributed by atoms with E-state index in [4.69, 9.17) is 0 Å². The highest BCUT2D eigenvalue weighted by Gasteiger charge is 2.56. The molecule has 5 rings (SSSR count). The second-order valence-electron chi connectivity index (χ2n) is 9.00. The number of hydrogen-bond acceptors (Lipinski definition) is 3. The summed E-state index contributed by atoms with van der Waals surface area (Å²) in [6.07, 6.45) is 1.71. The Balaban J connectivity index is 1.45. The van der Waals surface area contributed by atoms with Crippen molar-refractivity contribution in [3.8, 4) is 0 Å². The summed E-state index contributed by atoms with van der Waals surface area (Å²) in [6.45, 7) is 0.513. The van der Waals surface area contributed by atoms with Crippen molar-refractivity contribution in [2.75, 3.05) is 10.2 Å². The number of nitrogens with one attached hydrogen (secondary N) is 1. The van der Waals surface area contributed by atoms with Crippen LogP contribution in [0.5, 0.6) is 0 Å². The Labute approximate surface area is 201 Å². The summed E-state index contributed by atoms with van der Waals surface area (Å²) in [5.41, 5.74) is 2.01. The summed E-state index contributed by atoms with van der Waals surface area (Å²) >= 11 is 3.45. The zero-order valence-electron chi connectivity index (χ0n) is 18.1. The van der Waals surface area contributed by atoms with Gasteiger partial charge in [-0.05, 0) is 61.1 Å². The molecule has 0 unspecified atom stereocenters. The van der Waals surface area contributed by atoms with Crippen molar-refractivity contribution < 1.29 is 14.7 Å². The molecule has 1 spiro atoms. The van der Waals surface area contributed by atoms with E-state index in [9.17, 15) is 14.7 Å². The molecule has 0 aromatic heterocycles. The predicted octanol–water partition coefficient (Wildman–Crippen LogP) is 5.74. The first-order chi connectivity index (χ1) is 15.9. The van der Waals surface area contributed by atoms with Crippen molar-refractivity contribution in [2.24, 2.45) is 0 Å². The van der Waals surface area contributed by atoms with Crippen LogP contribution in [0.25, 0.3) is 0 Å². The van der Waals surface area contributed by atoms with Crippen molar-refractivity contribution in [2.45, 2.75) is 43.2 Å². The molecule has 0 radical (unpaired) electrons. The highest BCUT2D eigenvalue weighted by Crippen LogP contribution is 2.52. The van der Waals surface area contributed by atoms with E-state index in [0.29, 0.717) is 32.2 Å². The number of fused-ring (bicyclic) bond motifs is 2. The van der Waals surface area contributed by atoms with Crippen molar-refractivity contribution in [1.82, 2.24) is 0 Å². The second kappa shape index (κ2) is 8.34. The Hall–Kier alpha value is -3.12. The third kappa shape index (κ3) is 3.72. The number of carbonyl (C=O) groups excluding carboxylic acids is 1. The smallest absolute Gasteiger partial charge is 0.329 e. The first-order valence-corrected chi connectivity index (χ1v) is 12.0. The van der Waals surface area contributed by atoms with E-state index in [1.165, 1.54) is 0 Å². The van der Waals surface area contributed by atoms with Crippen LogP contribution in [-0.2, 0) is 21.5 Å². The molecule has 1 amide bonds. The molecule has 2 N–H and O–H groups in total. The van der Waals surface area contributed by atoms with Gasteiger partial charge in [-0.2, -0.15) is 0 Å². The molecule has 1 fully saturated rings. The van der Waals surface area contributed by atoms with Gasteiger partial charge in [0.25, 0.3) is 0 Å². The third-order valence-electron chi connectivity index (χ3n) is 7.12. The molecule has 168 valence electrons. The number of hydrogen-bond donors (Lipinski definition) is 2. The summed E-state index contributed by atoms with van der Waals surface area (Å²) in [6, 6.07) is 25.5. The summed E-state index contributed by atoms with van der Waals surface area (Å²) in [5.74, 6) is -0.800. The number of rotatable bonds is 5. The Kier molecular flexibility index (Phi) is 5.49.